The summed E-state index contributed by atoms with van der Waals surface area (Å²) in [5.41, 5.74) is 0. The van der Waals surface area contributed by atoms with E-state index in [0.29, 0.717) is 0 Å². The summed E-state index contributed by atoms with van der Waals surface area (Å²) < 4.78 is 0. The van der Waals surface area contributed by atoms with Crippen LogP contribution in [0.1, 0.15) is 2.85 Å². The molecule has 4 heteroatoms. The largest absolute Gasteiger partial charge is 2.00 e. The fourth-order valence-corrected chi connectivity index (χ4v) is 0. The van der Waals surface area contributed by atoms with Crippen molar-refractivity contribution < 1.29 is 41.6 Å². The van der Waals surface area contributed by atoms with Gasteiger partial charge in [-0.3, -0.25) is 0 Å². The van der Waals surface area contributed by atoms with E-state index in [4.69, 9.17) is 0 Å². The van der Waals surface area contributed by atoms with Gasteiger partial charge in [0.1, 0.15) is 0 Å². The predicted octanol–water partition coefficient (Wildman–Crippen LogP) is -1.34. The van der Waals surface area contributed by atoms with E-state index in [1.54, 1.807) is 0 Å². The maximum absolute atomic E-state index is 0. The number of rotatable bonds is 0. The second-order valence-corrected chi connectivity index (χ2v) is 0. The van der Waals surface area contributed by atoms with Crippen molar-refractivity contribution >= 4 is 66.2 Å². The van der Waals surface area contributed by atoms with E-state index < -0.39 is 0 Å². The summed E-state index contributed by atoms with van der Waals surface area (Å²) in [5, 5.41) is 0. The Morgan fingerprint density at radius 3 is 1.25 bits per heavy atom. The minimum atomic E-state index is 0. The topological polar surface area (TPSA) is 0 Å². The summed E-state index contributed by atoms with van der Waals surface area (Å²) in [6, 6.07) is 0. The van der Waals surface area contributed by atoms with E-state index in [-0.39, 0.29) is 108 Å². The molecule has 0 N–H and O–H groups in total. The van der Waals surface area contributed by atoms with Crippen LogP contribution >= 0.6 is 0 Å². The van der Waals surface area contributed by atoms with Gasteiger partial charge in [-0.15, -0.1) is 0 Å². The molecule has 0 heterocycles. The molecule has 0 radical (unpaired) electrons. The first-order valence-corrected chi connectivity index (χ1v) is 0. The predicted molar refractivity (Wildman–Crippen MR) is 17.9 cm³/mol. The van der Waals surface area contributed by atoms with Crippen molar-refractivity contribution in [1.29, 1.82) is 0 Å². The zero-order chi connectivity index (χ0) is 0. The fourth-order valence-electron chi connectivity index (χ4n) is 0. The van der Waals surface area contributed by atoms with E-state index in [0.717, 1.165) is 0 Å². The fraction of sp³-hybridized carbons (Fsp3) is 0. The van der Waals surface area contributed by atoms with Crippen molar-refractivity contribution in [3.63, 3.8) is 0 Å². The standard InChI is InChI=1S/Al.Ba.Fe.Ti.5H/q;+2;;;;;;2*-1. The number of hydrogen-bond donors (Lipinski definition) is 0. The third-order valence-electron chi connectivity index (χ3n) is 0. The third kappa shape index (κ3) is 9.02. The molecule has 0 aliphatic carbocycles. The summed E-state index contributed by atoms with van der Waals surface area (Å²) in [6.45, 7) is 0. The minimum Gasteiger partial charge on any atom is -1.00 e. The van der Waals surface area contributed by atoms with Crippen LogP contribution in [0.25, 0.3) is 0 Å². The molecule has 0 nitrogen and oxygen atoms in total. The second-order valence-electron chi connectivity index (χ2n) is 0. The molecule has 0 spiro atoms. The Bertz CT molecular complexity index is 13.5. The summed E-state index contributed by atoms with van der Waals surface area (Å²) in [7, 11) is 0. The van der Waals surface area contributed by atoms with Crippen LogP contribution in [-0.4, -0.2) is 66.2 Å². The van der Waals surface area contributed by atoms with Gasteiger partial charge in [-0.1, -0.05) is 0 Å². The first kappa shape index (κ1) is 26.5. The summed E-state index contributed by atoms with van der Waals surface area (Å²) in [6.07, 6.45) is 0. The first-order valence-electron chi connectivity index (χ1n) is 0. The van der Waals surface area contributed by atoms with Crippen LogP contribution in [0.15, 0.2) is 0 Å². The molecule has 0 rings (SSSR count). The molecule has 0 saturated carbocycles. The van der Waals surface area contributed by atoms with Crippen molar-refractivity contribution in [2.75, 3.05) is 0 Å². The third-order valence-corrected chi connectivity index (χ3v) is 0. The van der Waals surface area contributed by atoms with Crippen LogP contribution in [-0.2, 0) is 38.8 Å². The van der Waals surface area contributed by atoms with E-state index in [2.05, 4.69) is 0 Å². The van der Waals surface area contributed by atoms with Gasteiger partial charge in [0.2, 0.25) is 0 Å². The molecule has 4 heavy (non-hydrogen) atoms. The van der Waals surface area contributed by atoms with Gasteiger partial charge in [0.05, 0.1) is 0 Å². The monoisotopic (exact) mass is 274 g/mol. The molecule has 0 unspecified atom stereocenters. The van der Waals surface area contributed by atoms with E-state index in [1.165, 1.54) is 0 Å². The van der Waals surface area contributed by atoms with Crippen LogP contribution in [0.5, 0.6) is 0 Å². The van der Waals surface area contributed by atoms with Crippen molar-refractivity contribution in [2.45, 2.75) is 0 Å². The average molecular weight is 273 g/mol. The SMILES string of the molecule is [AlH3].[Ba+2].[Fe].[H-].[H-].[Ti]. The summed E-state index contributed by atoms with van der Waals surface area (Å²) in [5.74, 6) is 0. The van der Waals surface area contributed by atoms with Gasteiger partial charge in [0.15, 0.2) is 17.4 Å². The molecule has 0 aliphatic rings. The molecule has 0 aliphatic heterocycles. The van der Waals surface area contributed by atoms with Gasteiger partial charge >= 0.3 is 48.9 Å². The Kier molecular flexibility index (Phi) is 107. The Morgan fingerprint density at radius 1 is 1.25 bits per heavy atom. The molecule has 0 aromatic rings. The normalized spacial score (nSPS) is 0. The van der Waals surface area contributed by atoms with Crippen LogP contribution in [0.4, 0.5) is 0 Å². The van der Waals surface area contributed by atoms with Crippen LogP contribution in [0, 0.1) is 0 Å². The molecular formula is H5AlBaFeTi. The Morgan fingerprint density at radius 2 is 1.25 bits per heavy atom. The Hall–Kier alpha value is 3.34. The molecule has 0 aromatic heterocycles. The average Bonchev–Trinajstić information content (AvgIpc) is 0. The molecule has 0 bridgehead atoms. The maximum Gasteiger partial charge on any atom is 2.00 e. The van der Waals surface area contributed by atoms with Crippen molar-refractivity contribution in [2.24, 2.45) is 0 Å². The molecule has 0 saturated heterocycles. The van der Waals surface area contributed by atoms with Crippen molar-refractivity contribution in [3.8, 4) is 0 Å². The molecule has 0 aromatic carbocycles. The molecule has 0 fully saturated rings. The quantitative estimate of drug-likeness (QED) is 0.479. The second kappa shape index (κ2) is 16.2. The summed E-state index contributed by atoms with van der Waals surface area (Å²) >= 11 is 0. The zero-order valence-corrected chi connectivity index (χ0v) is 8.67. The van der Waals surface area contributed by atoms with Gasteiger partial charge in [0.25, 0.3) is 0 Å². The van der Waals surface area contributed by atoms with E-state index >= 15 is 0 Å². The van der Waals surface area contributed by atoms with E-state index in [9.17, 15) is 0 Å². The van der Waals surface area contributed by atoms with E-state index in [1.807, 2.05) is 0 Å². The van der Waals surface area contributed by atoms with Crippen LogP contribution in [0.2, 0.25) is 0 Å². The minimum absolute atomic E-state index is 0. The smallest absolute Gasteiger partial charge is 1.00 e. The molecule has 0 amide bonds. The van der Waals surface area contributed by atoms with Crippen LogP contribution < -0.4 is 0 Å². The number of hydrogen-bond acceptors (Lipinski definition) is 0. The van der Waals surface area contributed by atoms with Gasteiger partial charge in [-0.25, -0.2) is 0 Å². The summed E-state index contributed by atoms with van der Waals surface area (Å²) in [4.78, 5) is 0. The first-order chi connectivity index (χ1) is 0. The van der Waals surface area contributed by atoms with Gasteiger partial charge in [-0.2, -0.15) is 0 Å². The Balaban J connectivity index is 0. The van der Waals surface area contributed by atoms with Crippen LogP contribution in [0.3, 0.4) is 0 Å². The van der Waals surface area contributed by atoms with Crippen molar-refractivity contribution in [3.05, 3.63) is 0 Å². The van der Waals surface area contributed by atoms with Gasteiger partial charge in [-0.05, 0) is 0 Å². The molecular weight excluding hydrogens is 268 g/mol. The van der Waals surface area contributed by atoms with Gasteiger partial charge in [0, 0.05) is 38.8 Å². The zero-order valence-electron chi connectivity index (χ0n) is 3.56. The Labute approximate surface area is 105 Å². The van der Waals surface area contributed by atoms with Gasteiger partial charge < -0.3 is 2.85 Å². The molecule has 22 valence electrons. The maximum atomic E-state index is 0. The molecule has 0 atom stereocenters. The van der Waals surface area contributed by atoms with Crippen molar-refractivity contribution in [1.82, 2.24) is 0 Å².